The number of para-hydroxylation sites is 4. The molecule has 0 saturated carbocycles. The first-order valence-electron chi connectivity index (χ1n) is 18.8. The molecule has 0 atom stereocenters. The normalized spacial score (nSPS) is 12.0. The number of pyridine rings is 1. The van der Waals surface area contributed by atoms with E-state index in [1.54, 1.807) is 0 Å². The highest BCUT2D eigenvalue weighted by Gasteiger charge is 2.20. The van der Waals surface area contributed by atoms with Crippen molar-refractivity contribution in [2.24, 2.45) is 0 Å². The van der Waals surface area contributed by atoms with Gasteiger partial charge in [0.1, 0.15) is 11.6 Å². The summed E-state index contributed by atoms with van der Waals surface area (Å²) >= 11 is 0. The minimum Gasteiger partial charge on any atom is -0.309 e. The fraction of sp³-hybridized carbons (Fsp3) is 0. The summed E-state index contributed by atoms with van der Waals surface area (Å²) in [6.07, 6.45) is 0. The van der Waals surface area contributed by atoms with Crippen molar-refractivity contribution in [3.63, 3.8) is 0 Å². The Morgan fingerprint density at radius 2 is 0.745 bits per heavy atom. The van der Waals surface area contributed by atoms with E-state index < -0.39 is 0 Å². The molecule has 0 saturated heterocycles. The second kappa shape index (κ2) is 11.5. The average molecular weight is 701 g/mol. The first-order chi connectivity index (χ1) is 27.3. The molecule has 0 unspecified atom stereocenters. The molecule has 0 amide bonds. The summed E-state index contributed by atoms with van der Waals surface area (Å²) in [5.41, 5.74) is 10.4. The van der Waals surface area contributed by atoms with Gasteiger partial charge in [-0.05, 0) is 82.6 Å². The van der Waals surface area contributed by atoms with Crippen LogP contribution in [0.25, 0.3) is 105 Å². The second-order valence-corrected chi connectivity index (χ2v) is 14.4. The van der Waals surface area contributed by atoms with Gasteiger partial charge < -0.3 is 4.57 Å². The van der Waals surface area contributed by atoms with Crippen molar-refractivity contribution in [2.45, 2.75) is 0 Å². The molecule has 0 radical (unpaired) electrons. The number of nitrogens with zero attached hydrogens (tertiary/aromatic N) is 4. The molecule has 12 rings (SSSR count). The third kappa shape index (κ3) is 4.37. The molecule has 0 aliphatic carbocycles. The lowest BCUT2D eigenvalue weighted by molar-refractivity contribution is 1.01. The van der Waals surface area contributed by atoms with E-state index in [4.69, 9.17) is 4.98 Å². The second-order valence-electron chi connectivity index (χ2n) is 14.4. The Morgan fingerprint density at radius 3 is 1.38 bits per heavy atom. The van der Waals surface area contributed by atoms with Crippen LogP contribution in [-0.4, -0.2) is 18.7 Å². The van der Waals surface area contributed by atoms with Gasteiger partial charge in [-0.1, -0.05) is 133 Å². The van der Waals surface area contributed by atoms with E-state index in [9.17, 15) is 0 Å². The molecule has 4 aromatic heterocycles. The summed E-state index contributed by atoms with van der Waals surface area (Å²) in [5, 5.41) is 9.83. The van der Waals surface area contributed by atoms with Crippen LogP contribution in [0.2, 0.25) is 0 Å². The van der Waals surface area contributed by atoms with Gasteiger partial charge in [-0.2, -0.15) is 0 Å². The minimum absolute atomic E-state index is 0.880. The zero-order valence-corrected chi connectivity index (χ0v) is 29.8. The third-order valence-corrected chi connectivity index (χ3v) is 11.4. The van der Waals surface area contributed by atoms with Crippen molar-refractivity contribution in [1.82, 2.24) is 18.7 Å². The summed E-state index contributed by atoms with van der Waals surface area (Å²) in [4.78, 5) is 5.45. The van der Waals surface area contributed by atoms with Crippen molar-refractivity contribution < 1.29 is 0 Å². The molecular weight excluding hydrogens is 669 g/mol. The van der Waals surface area contributed by atoms with Crippen LogP contribution in [0.4, 0.5) is 0 Å². The molecule has 8 aromatic carbocycles. The van der Waals surface area contributed by atoms with Gasteiger partial charge >= 0.3 is 0 Å². The Balaban J connectivity index is 1.12. The standard InChI is InChI=1S/C51H32N4/c1-2-18-36-33(14-1)15-12-23-37(36)34-16-11-17-35(30-34)53-44-24-7-5-21-40(44)42-31-43-41-22-6-10-27-47(41)55(49(43)32-48(42)53)51-29-13-28-50(52-51)54-45-25-8-3-19-38(45)39-20-4-9-26-46(39)54/h1-32H. The van der Waals surface area contributed by atoms with Crippen LogP contribution in [0.15, 0.2) is 194 Å². The number of hydrogen-bond donors (Lipinski definition) is 0. The summed E-state index contributed by atoms with van der Waals surface area (Å²) in [6, 6.07) is 70.1. The first-order valence-corrected chi connectivity index (χ1v) is 18.8. The van der Waals surface area contributed by atoms with Crippen molar-refractivity contribution >= 4 is 76.2 Å². The molecule has 0 N–H and O–H groups in total. The molecular formula is C51H32N4. The summed E-state index contributed by atoms with van der Waals surface area (Å²) in [5.74, 6) is 1.77. The van der Waals surface area contributed by atoms with E-state index in [-0.39, 0.29) is 0 Å². The maximum absolute atomic E-state index is 5.45. The molecule has 256 valence electrons. The number of benzene rings is 8. The van der Waals surface area contributed by atoms with Gasteiger partial charge in [0.25, 0.3) is 0 Å². The molecule has 0 bridgehead atoms. The monoisotopic (exact) mass is 700 g/mol. The fourth-order valence-electron chi connectivity index (χ4n) is 9.08. The quantitative estimate of drug-likeness (QED) is 0.180. The first kappa shape index (κ1) is 30.1. The topological polar surface area (TPSA) is 27.7 Å². The maximum Gasteiger partial charge on any atom is 0.140 e. The van der Waals surface area contributed by atoms with Crippen LogP contribution in [0.1, 0.15) is 0 Å². The van der Waals surface area contributed by atoms with E-state index in [0.717, 1.165) is 44.9 Å². The van der Waals surface area contributed by atoms with Gasteiger partial charge in [0, 0.05) is 38.0 Å². The van der Waals surface area contributed by atoms with E-state index in [2.05, 4.69) is 208 Å². The van der Waals surface area contributed by atoms with Crippen molar-refractivity contribution in [1.29, 1.82) is 0 Å². The Bertz CT molecular complexity index is 3450. The predicted octanol–water partition coefficient (Wildman–Crippen LogP) is 13.2. The van der Waals surface area contributed by atoms with Crippen LogP contribution < -0.4 is 0 Å². The van der Waals surface area contributed by atoms with Gasteiger partial charge in [-0.3, -0.25) is 9.13 Å². The number of aromatic nitrogens is 4. The number of fused-ring (bicyclic) bond motifs is 10. The van der Waals surface area contributed by atoms with Crippen molar-refractivity contribution in [3.05, 3.63) is 194 Å². The zero-order chi connectivity index (χ0) is 36.0. The number of hydrogen-bond acceptors (Lipinski definition) is 1. The highest BCUT2D eigenvalue weighted by molar-refractivity contribution is 6.19. The van der Waals surface area contributed by atoms with Crippen LogP contribution in [-0.2, 0) is 0 Å². The molecule has 4 heteroatoms. The molecule has 0 aliphatic rings. The lowest BCUT2D eigenvalue weighted by Gasteiger charge is -2.13. The van der Waals surface area contributed by atoms with Crippen LogP contribution in [0.3, 0.4) is 0 Å². The van der Waals surface area contributed by atoms with Crippen molar-refractivity contribution in [2.75, 3.05) is 0 Å². The van der Waals surface area contributed by atoms with Crippen LogP contribution in [0.5, 0.6) is 0 Å². The summed E-state index contributed by atoms with van der Waals surface area (Å²) < 4.78 is 7.07. The van der Waals surface area contributed by atoms with E-state index in [1.807, 2.05) is 0 Å². The summed E-state index contributed by atoms with van der Waals surface area (Å²) in [6.45, 7) is 0. The Kier molecular flexibility index (Phi) is 6.31. The molecule has 4 nitrogen and oxygen atoms in total. The maximum atomic E-state index is 5.45. The largest absolute Gasteiger partial charge is 0.309 e. The molecule has 0 aliphatic heterocycles. The smallest absolute Gasteiger partial charge is 0.140 e. The molecule has 0 fully saturated rings. The summed E-state index contributed by atoms with van der Waals surface area (Å²) in [7, 11) is 0. The highest BCUT2D eigenvalue weighted by Crippen LogP contribution is 2.41. The SMILES string of the molecule is c1cc(-c2cccc3ccccc23)cc(-n2c3ccccc3c3cc4c5ccccc5n(-c5cccc(-n6c7ccccc7c7ccccc76)n5)c4cc32)c1. The Hall–Kier alpha value is -7.43. The highest BCUT2D eigenvalue weighted by atomic mass is 15.1. The molecule has 0 spiro atoms. The van der Waals surface area contributed by atoms with Gasteiger partial charge in [0.05, 0.1) is 33.1 Å². The van der Waals surface area contributed by atoms with Crippen molar-refractivity contribution in [3.8, 4) is 28.5 Å². The fourth-order valence-corrected chi connectivity index (χ4v) is 9.08. The third-order valence-electron chi connectivity index (χ3n) is 11.4. The van der Waals surface area contributed by atoms with Gasteiger partial charge in [0.2, 0.25) is 0 Å². The minimum atomic E-state index is 0.880. The number of rotatable bonds is 4. The molecule has 12 aromatic rings. The Labute approximate surface area is 316 Å². The predicted molar refractivity (Wildman–Crippen MR) is 230 cm³/mol. The van der Waals surface area contributed by atoms with Gasteiger partial charge in [0.15, 0.2) is 0 Å². The Morgan fingerprint density at radius 1 is 0.291 bits per heavy atom. The van der Waals surface area contributed by atoms with E-state index in [0.29, 0.717) is 0 Å². The van der Waals surface area contributed by atoms with E-state index >= 15 is 0 Å². The van der Waals surface area contributed by atoms with Crippen LogP contribution >= 0.6 is 0 Å². The average Bonchev–Trinajstić information content (AvgIpc) is 3.88. The lowest BCUT2D eigenvalue weighted by atomic mass is 9.98. The zero-order valence-electron chi connectivity index (χ0n) is 29.8. The van der Waals surface area contributed by atoms with Gasteiger partial charge in [-0.25, -0.2) is 4.98 Å². The molecule has 55 heavy (non-hydrogen) atoms. The molecule has 4 heterocycles. The van der Waals surface area contributed by atoms with Gasteiger partial charge in [-0.15, -0.1) is 0 Å². The van der Waals surface area contributed by atoms with Crippen LogP contribution in [0, 0.1) is 0 Å². The van der Waals surface area contributed by atoms with E-state index in [1.165, 1.54) is 59.7 Å². The lowest BCUT2D eigenvalue weighted by Crippen LogP contribution is -2.03.